The molecule has 2 N–H and O–H groups in total. The van der Waals surface area contributed by atoms with Crippen molar-refractivity contribution < 1.29 is 19.1 Å². The third-order valence-electron chi connectivity index (χ3n) is 3.41. The number of carbonyl (C=O) groups is 1. The predicted octanol–water partition coefficient (Wildman–Crippen LogP) is 2.29. The molecule has 1 amide bonds. The monoisotopic (exact) mass is 279 g/mol. The molecule has 0 fully saturated rings. The molecule has 2 heterocycles. The fraction of sp³-hybridized carbons (Fsp3) is 0.533. The van der Waals surface area contributed by atoms with Crippen LogP contribution in [0.2, 0.25) is 0 Å². The standard InChI is InChI=1S/C15H21NO4/c1-10(9-13(17)14-6-4-8-20-14)16-15(18)12-5-3-7-19-11(12)2/h4,6,8,10,13,17H,3,5,7,9H2,1-2H3,(H,16,18). The van der Waals surface area contributed by atoms with Gasteiger partial charge in [-0.3, -0.25) is 4.79 Å². The van der Waals surface area contributed by atoms with Gasteiger partial charge in [0.25, 0.3) is 5.91 Å². The minimum Gasteiger partial charge on any atom is -0.498 e. The molecule has 0 aromatic carbocycles. The fourth-order valence-electron chi connectivity index (χ4n) is 2.31. The second kappa shape index (κ2) is 6.61. The third kappa shape index (κ3) is 3.63. The topological polar surface area (TPSA) is 71.7 Å². The number of hydrogen-bond donors (Lipinski definition) is 2. The zero-order valence-electron chi connectivity index (χ0n) is 11.9. The summed E-state index contributed by atoms with van der Waals surface area (Å²) in [7, 11) is 0. The number of aliphatic hydroxyl groups excluding tert-OH is 1. The zero-order valence-corrected chi connectivity index (χ0v) is 11.9. The molecule has 20 heavy (non-hydrogen) atoms. The molecule has 5 nitrogen and oxygen atoms in total. The average molecular weight is 279 g/mol. The second-order valence-electron chi connectivity index (χ2n) is 5.13. The number of amides is 1. The van der Waals surface area contributed by atoms with E-state index in [1.54, 1.807) is 12.1 Å². The molecule has 2 unspecified atom stereocenters. The van der Waals surface area contributed by atoms with Gasteiger partial charge in [-0.15, -0.1) is 0 Å². The van der Waals surface area contributed by atoms with Crippen molar-refractivity contribution in [1.82, 2.24) is 5.32 Å². The molecule has 0 radical (unpaired) electrons. The van der Waals surface area contributed by atoms with Crippen molar-refractivity contribution in [3.63, 3.8) is 0 Å². The number of rotatable bonds is 5. The summed E-state index contributed by atoms with van der Waals surface area (Å²) >= 11 is 0. The Bertz CT molecular complexity index is 478. The summed E-state index contributed by atoms with van der Waals surface area (Å²) in [6, 6.07) is 3.31. The first-order valence-corrected chi connectivity index (χ1v) is 6.93. The van der Waals surface area contributed by atoms with Crippen molar-refractivity contribution in [2.75, 3.05) is 6.61 Å². The SMILES string of the molecule is CC1=C(C(=O)NC(C)CC(O)c2ccco2)CCCO1. The van der Waals surface area contributed by atoms with Crippen molar-refractivity contribution in [2.24, 2.45) is 0 Å². The van der Waals surface area contributed by atoms with Gasteiger partial charge in [-0.2, -0.15) is 0 Å². The summed E-state index contributed by atoms with van der Waals surface area (Å²) in [5.74, 6) is 1.11. The van der Waals surface area contributed by atoms with E-state index in [9.17, 15) is 9.90 Å². The van der Waals surface area contributed by atoms with Crippen LogP contribution in [0, 0.1) is 0 Å². The van der Waals surface area contributed by atoms with Crippen molar-refractivity contribution in [2.45, 2.75) is 45.3 Å². The zero-order chi connectivity index (χ0) is 14.5. The molecule has 1 aliphatic rings. The Hall–Kier alpha value is -1.75. The van der Waals surface area contributed by atoms with Crippen molar-refractivity contribution >= 4 is 5.91 Å². The minimum absolute atomic E-state index is 0.110. The lowest BCUT2D eigenvalue weighted by molar-refractivity contribution is -0.118. The molecule has 2 atom stereocenters. The highest BCUT2D eigenvalue weighted by Gasteiger charge is 2.21. The number of aliphatic hydroxyl groups is 1. The van der Waals surface area contributed by atoms with Gasteiger partial charge >= 0.3 is 0 Å². The normalized spacial score (nSPS) is 18.4. The number of furan rings is 1. The van der Waals surface area contributed by atoms with E-state index >= 15 is 0 Å². The maximum absolute atomic E-state index is 12.1. The van der Waals surface area contributed by atoms with Gasteiger partial charge in [-0.1, -0.05) is 0 Å². The van der Waals surface area contributed by atoms with E-state index in [-0.39, 0.29) is 11.9 Å². The van der Waals surface area contributed by atoms with Crippen molar-refractivity contribution in [1.29, 1.82) is 0 Å². The molecule has 2 rings (SSSR count). The van der Waals surface area contributed by atoms with Crippen LogP contribution < -0.4 is 5.32 Å². The summed E-state index contributed by atoms with van der Waals surface area (Å²) < 4.78 is 10.5. The number of ether oxygens (including phenoxy) is 1. The Balaban J connectivity index is 1.88. The molecule has 0 saturated heterocycles. The van der Waals surface area contributed by atoms with Crippen molar-refractivity contribution in [3.05, 3.63) is 35.5 Å². The molecule has 0 bridgehead atoms. The van der Waals surface area contributed by atoms with Gasteiger partial charge in [0, 0.05) is 12.5 Å². The Morgan fingerprint density at radius 1 is 1.55 bits per heavy atom. The summed E-state index contributed by atoms with van der Waals surface area (Å²) in [4.78, 5) is 12.1. The molecule has 1 aromatic heterocycles. The molecule has 5 heteroatoms. The third-order valence-corrected chi connectivity index (χ3v) is 3.41. The van der Waals surface area contributed by atoms with Crippen LogP contribution in [0.4, 0.5) is 0 Å². The van der Waals surface area contributed by atoms with Crippen molar-refractivity contribution in [3.8, 4) is 0 Å². The van der Waals surface area contributed by atoms with Crippen LogP contribution in [0.3, 0.4) is 0 Å². The largest absolute Gasteiger partial charge is 0.498 e. The van der Waals surface area contributed by atoms with E-state index < -0.39 is 6.10 Å². The highest BCUT2D eigenvalue weighted by atomic mass is 16.5. The molecule has 0 aliphatic carbocycles. The highest BCUT2D eigenvalue weighted by Crippen LogP contribution is 2.21. The number of allylic oxidation sites excluding steroid dienone is 1. The molecule has 0 saturated carbocycles. The maximum atomic E-state index is 12.1. The summed E-state index contributed by atoms with van der Waals surface area (Å²) in [6.45, 7) is 4.36. The molecule has 110 valence electrons. The molecule has 1 aromatic rings. The van der Waals surface area contributed by atoms with Crippen LogP contribution in [-0.2, 0) is 9.53 Å². The first-order valence-electron chi connectivity index (χ1n) is 6.93. The average Bonchev–Trinajstić information content (AvgIpc) is 2.92. The maximum Gasteiger partial charge on any atom is 0.250 e. The molecular weight excluding hydrogens is 258 g/mol. The van der Waals surface area contributed by atoms with E-state index in [2.05, 4.69) is 5.32 Å². The Labute approximate surface area is 118 Å². The van der Waals surface area contributed by atoms with E-state index in [0.717, 1.165) is 12.8 Å². The van der Waals surface area contributed by atoms with Gasteiger partial charge in [-0.25, -0.2) is 0 Å². The quantitative estimate of drug-likeness (QED) is 0.867. The van der Waals surface area contributed by atoms with E-state index in [0.29, 0.717) is 30.1 Å². The van der Waals surface area contributed by atoms with Gasteiger partial charge in [0.2, 0.25) is 0 Å². The van der Waals surface area contributed by atoms with E-state index in [1.807, 2.05) is 13.8 Å². The molecular formula is C15H21NO4. The second-order valence-corrected chi connectivity index (χ2v) is 5.13. The fourth-order valence-corrected chi connectivity index (χ4v) is 2.31. The highest BCUT2D eigenvalue weighted by molar-refractivity contribution is 5.94. The van der Waals surface area contributed by atoms with Crippen LogP contribution in [0.5, 0.6) is 0 Å². The lowest BCUT2D eigenvalue weighted by Crippen LogP contribution is -2.35. The Morgan fingerprint density at radius 2 is 2.35 bits per heavy atom. The van der Waals surface area contributed by atoms with Gasteiger partial charge in [0.1, 0.15) is 17.6 Å². The number of carbonyl (C=O) groups excluding carboxylic acids is 1. The number of hydrogen-bond acceptors (Lipinski definition) is 4. The van der Waals surface area contributed by atoms with Gasteiger partial charge in [0.15, 0.2) is 0 Å². The van der Waals surface area contributed by atoms with E-state index in [4.69, 9.17) is 9.15 Å². The van der Waals surface area contributed by atoms with E-state index in [1.165, 1.54) is 6.26 Å². The lowest BCUT2D eigenvalue weighted by Gasteiger charge is -2.21. The summed E-state index contributed by atoms with van der Waals surface area (Å²) in [6.07, 6.45) is 2.83. The predicted molar refractivity (Wildman–Crippen MR) is 73.8 cm³/mol. The van der Waals surface area contributed by atoms with Gasteiger partial charge in [-0.05, 0) is 38.8 Å². The van der Waals surface area contributed by atoms with Gasteiger partial charge < -0.3 is 19.6 Å². The summed E-state index contributed by atoms with van der Waals surface area (Å²) in [5, 5.41) is 12.9. The lowest BCUT2D eigenvalue weighted by atomic mass is 10.0. The van der Waals surface area contributed by atoms with Crippen LogP contribution in [0.15, 0.2) is 34.1 Å². The first-order chi connectivity index (χ1) is 9.58. The molecule has 1 aliphatic heterocycles. The van der Waals surface area contributed by atoms with Crippen LogP contribution in [0.25, 0.3) is 0 Å². The van der Waals surface area contributed by atoms with Crippen LogP contribution in [0.1, 0.15) is 45.0 Å². The minimum atomic E-state index is -0.710. The smallest absolute Gasteiger partial charge is 0.250 e. The molecule has 0 spiro atoms. The van der Waals surface area contributed by atoms with Gasteiger partial charge in [0.05, 0.1) is 18.4 Å². The Morgan fingerprint density at radius 3 is 3.00 bits per heavy atom. The van der Waals surface area contributed by atoms with Crippen LogP contribution >= 0.6 is 0 Å². The summed E-state index contributed by atoms with van der Waals surface area (Å²) in [5.41, 5.74) is 0.704. The Kier molecular flexibility index (Phi) is 4.84. The number of nitrogens with one attached hydrogen (secondary N) is 1. The van der Waals surface area contributed by atoms with Crippen LogP contribution in [-0.4, -0.2) is 23.7 Å². The first kappa shape index (κ1) is 14.7.